The van der Waals surface area contributed by atoms with Gasteiger partial charge in [-0.15, -0.1) is 0 Å². The number of carboxylic acid groups (broad SMARTS) is 1. The molecule has 1 amide bonds. The molecular formula is C12H17N3O3. The quantitative estimate of drug-likeness (QED) is 0.798. The Morgan fingerprint density at radius 2 is 2.17 bits per heavy atom. The summed E-state index contributed by atoms with van der Waals surface area (Å²) in [6.07, 6.45) is 5.26. The highest BCUT2D eigenvalue weighted by Crippen LogP contribution is 2.30. The molecule has 2 atom stereocenters. The lowest BCUT2D eigenvalue weighted by Gasteiger charge is -2.10. The highest BCUT2D eigenvalue weighted by molar-refractivity contribution is 5.80. The number of aliphatic carboxylic acids is 1. The Labute approximate surface area is 105 Å². The van der Waals surface area contributed by atoms with Gasteiger partial charge in [0, 0.05) is 24.9 Å². The van der Waals surface area contributed by atoms with Gasteiger partial charge in [0.1, 0.15) is 0 Å². The van der Waals surface area contributed by atoms with Gasteiger partial charge in [-0.3, -0.25) is 14.3 Å². The lowest BCUT2D eigenvalue weighted by atomic mass is 10.0. The van der Waals surface area contributed by atoms with E-state index in [2.05, 4.69) is 10.4 Å². The fourth-order valence-electron chi connectivity index (χ4n) is 2.31. The predicted molar refractivity (Wildman–Crippen MR) is 63.7 cm³/mol. The average Bonchev–Trinajstić information content (AvgIpc) is 2.99. The third-order valence-corrected chi connectivity index (χ3v) is 3.35. The largest absolute Gasteiger partial charge is 0.481 e. The Kier molecular flexibility index (Phi) is 3.96. The van der Waals surface area contributed by atoms with Crippen LogP contribution in [0.2, 0.25) is 0 Å². The molecule has 1 aromatic rings. The highest BCUT2D eigenvalue weighted by Gasteiger charge is 2.33. The van der Waals surface area contributed by atoms with Crippen LogP contribution in [-0.4, -0.2) is 33.3 Å². The van der Waals surface area contributed by atoms with E-state index >= 15 is 0 Å². The van der Waals surface area contributed by atoms with Gasteiger partial charge < -0.3 is 10.4 Å². The molecule has 2 rings (SSSR count). The number of rotatable bonds is 5. The van der Waals surface area contributed by atoms with Gasteiger partial charge in [-0.05, 0) is 25.3 Å². The van der Waals surface area contributed by atoms with Crippen LogP contribution in [0.15, 0.2) is 18.5 Å². The summed E-state index contributed by atoms with van der Waals surface area (Å²) < 4.78 is 1.75. The summed E-state index contributed by atoms with van der Waals surface area (Å²) in [6, 6.07) is 1.83. The number of nitrogens with one attached hydrogen (secondary N) is 1. The monoisotopic (exact) mass is 251 g/mol. The molecule has 2 unspecified atom stereocenters. The minimum atomic E-state index is -0.790. The Bertz CT molecular complexity index is 416. The number of nitrogens with zero attached hydrogens (tertiary/aromatic N) is 2. The lowest BCUT2D eigenvalue weighted by molar-refractivity contribution is -0.141. The van der Waals surface area contributed by atoms with Gasteiger partial charge in [-0.1, -0.05) is 0 Å². The summed E-state index contributed by atoms with van der Waals surface area (Å²) in [7, 11) is 0. The van der Waals surface area contributed by atoms with Gasteiger partial charge in [0.25, 0.3) is 0 Å². The molecule has 6 heteroatoms. The number of carbonyl (C=O) groups is 2. The first-order valence-corrected chi connectivity index (χ1v) is 6.15. The minimum Gasteiger partial charge on any atom is -0.481 e. The van der Waals surface area contributed by atoms with E-state index in [9.17, 15) is 9.59 Å². The molecule has 0 saturated heterocycles. The van der Waals surface area contributed by atoms with Crippen molar-refractivity contribution in [3.05, 3.63) is 18.5 Å². The van der Waals surface area contributed by atoms with Crippen molar-refractivity contribution in [2.75, 3.05) is 6.54 Å². The first-order chi connectivity index (χ1) is 8.66. The summed E-state index contributed by atoms with van der Waals surface area (Å²) in [5.41, 5.74) is 0. The third-order valence-electron chi connectivity index (χ3n) is 3.35. The zero-order chi connectivity index (χ0) is 13.0. The maximum Gasteiger partial charge on any atom is 0.306 e. The van der Waals surface area contributed by atoms with E-state index in [4.69, 9.17) is 5.11 Å². The van der Waals surface area contributed by atoms with Crippen molar-refractivity contribution < 1.29 is 14.7 Å². The fraction of sp³-hybridized carbons (Fsp3) is 0.583. The van der Waals surface area contributed by atoms with Gasteiger partial charge in [-0.25, -0.2) is 0 Å². The van der Waals surface area contributed by atoms with Crippen LogP contribution >= 0.6 is 0 Å². The van der Waals surface area contributed by atoms with Crippen molar-refractivity contribution in [2.24, 2.45) is 11.8 Å². The molecule has 0 aliphatic heterocycles. The van der Waals surface area contributed by atoms with Gasteiger partial charge in [-0.2, -0.15) is 5.10 Å². The molecule has 1 aromatic heterocycles. The van der Waals surface area contributed by atoms with Crippen LogP contribution in [-0.2, 0) is 16.1 Å². The first kappa shape index (κ1) is 12.6. The summed E-state index contributed by atoms with van der Waals surface area (Å²) >= 11 is 0. The van der Waals surface area contributed by atoms with Crippen LogP contribution in [0.4, 0.5) is 0 Å². The van der Waals surface area contributed by atoms with Gasteiger partial charge in [0.05, 0.1) is 12.5 Å². The summed E-state index contributed by atoms with van der Waals surface area (Å²) in [5.74, 6) is -1.33. The summed E-state index contributed by atoms with van der Waals surface area (Å²) in [5, 5.41) is 15.7. The molecule has 1 fully saturated rings. The maximum atomic E-state index is 11.8. The molecule has 0 bridgehead atoms. The Balaban J connectivity index is 1.71. The Morgan fingerprint density at radius 1 is 1.39 bits per heavy atom. The van der Waals surface area contributed by atoms with Crippen LogP contribution in [0.1, 0.15) is 19.3 Å². The summed E-state index contributed by atoms with van der Waals surface area (Å²) in [6.45, 7) is 1.16. The van der Waals surface area contributed by atoms with Crippen molar-refractivity contribution in [1.29, 1.82) is 0 Å². The smallest absolute Gasteiger partial charge is 0.306 e. The zero-order valence-electron chi connectivity index (χ0n) is 10.1. The number of aromatic nitrogens is 2. The molecule has 18 heavy (non-hydrogen) atoms. The van der Waals surface area contributed by atoms with Gasteiger partial charge in [0.15, 0.2) is 0 Å². The highest BCUT2D eigenvalue weighted by atomic mass is 16.4. The number of hydrogen-bond acceptors (Lipinski definition) is 3. The third kappa shape index (κ3) is 3.09. The van der Waals surface area contributed by atoms with Crippen LogP contribution < -0.4 is 5.32 Å². The number of carboxylic acids is 1. The predicted octanol–water partition coefficient (Wildman–Crippen LogP) is 0.500. The van der Waals surface area contributed by atoms with Crippen molar-refractivity contribution in [3.63, 3.8) is 0 Å². The maximum absolute atomic E-state index is 11.8. The van der Waals surface area contributed by atoms with E-state index in [0.717, 1.165) is 0 Å². The fourth-order valence-corrected chi connectivity index (χ4v) is 2.31. The number of amides is 1. The zero-order valence-corrected chi connectivity index (χ0v) is 10.1. The SMILES string of the molecule is O=C(O)C1CCC(C(=O)NCCn2cccn2)C1. The van der Waals surface area contributed by atoms with Crippen molar-refractivity contribution >= 4 is 11.9 Å². The average molecular weight is 251 g/mol. The molecule has 0 aromatic carbocycles. The van der Waals surface area contributed by atoms with E-state index in [0.29, 0.717) is 32.4 Å². The van der Waals surface area contributed by atoms with Crippen molar-refractivity contribution in [2.45, 2.75) is 25.8 Å². The molecular weight excluding hydrogens is 234 g/mol. The summed E-state index contributed by atoms with van der Waals surface area (Å²) in [4.78, 5) is 22.6. The van der Waals surface area contributed by atoms with E-state index in [1.165, 1.54) is 0 Å². The topological polar surface area (TPSA) is 84.2 Å². The van der Waals surface area contributed by atoms with Crippen LogP contribution in [0.3, 0.4) is 0 Å². The Hall–Kier alpha value is -1.85. The van der Waals surface area contributed by atoms with Crippen LogP contribution in [0.5, 0.6) is 0 Å². The standard InChI is InChI=1S/C12H17N3O3/c16-11(9-2-3-10(8-9)12(17)18)13-5-7-15-6-1-4-14-15/h1,4,6,9-10H,2-3,5,7-8H2,(H,13,16)(H,17,18). The molecule has 1 aliphatic rings. The number of carbonyl (C=O) groups excluding carboxylic acids is 1. The van der Waals surface area contributed by atoms with E-state index in [1.807, 2.05) is 12.3 Å². The van der Waals surface area contributed by atoms with Gasteiger partial charge in [0.2, 0.25) is 5.91 Å². The van der Waals surface area contributed by atoms with E-state index in [1.54, 1.807) is 10.9 Å². The number of hydrogen-bond donors (Lipinski definition) is 2. The molecule has 1 saturated carbocycles. The molecule has 98 valence electrons. The first-order valence-electron chi connectivity index (χ1n) is 6.15. The van der Waals surface area contributed by atoms with E-state index in [-0.39, 0.29) is 17.7 Å². The molecule has 0 radical (unpaired) electrons. The molecule has 1 heterocycles. The normalized spacial score (nSPS) is 22.9. The molecule has 0 spiro atoms. The molecule has 6 nitrogen and oxygen atoms in total. The molecule has 1 aliphatic carbocycles. The van der Waals surface area contributed by atoms with Gasteiger partial charge >= 0.3 is 5.97 Å². The second-order valence-electron chi connectivity index (χ2n) is 4.61. The van der Waals surface area contributed by atoms with Crippen molar-refractivity contribution in [1.82, 2.24) is 15.1 Å². The molecule has 2 N–H and O–H groups in total. The minimum absolute atomic E-state index is 0.0362. The van der Waals surface area contributed by atoms with Crippen LogP contribution in [0.25, 0.3) is 0 Å². The lowest BCUT2D eigenvalue weighted by Crippen LogP contribution is -2.32. The second kappa shape index (κ2) is 5.66. The Morgan fingerprint density at radius 3 is 2.78 bits per heavy atom. The van der Waals surface area contributed by atoms with Crippen molar-refractivity contribution in [3.8, 4) is 0 Å². The van der Waals surface area contributed by atoms with Crippen LogP contribution in [0, 0.1) is 11.8 Å². The second-order valence-corrected chi connectivity index (χ2v) is 4.61. The van der Waals surface area contributed by atoms with E-state index < -0.39 is 5.97 Å².